The number of benzene rings is 4. The first-order valence-corrected chi connectivity index (χ1v) is 10.0. The number of nitro groups is 3. The molecular formula is C24H17N3O8. The Morgan fingerprint density at radius 1 is 0.714 bits per heavy atom. The average molecular weight is 475 g/mol. The van der Waals surface area contributed by atoms with Crippen molar-refractivity contribution in [2.45, 2.75) is 6.42 Å². The molecule has 0 unspecified atom stereocenters. The molecule has 35 heavy (non-hydrogen) atoms. The fraction of sp³-hybridized carbons (Fsp3) is 0.0417. The first kappa shape index (κ1) is 24.5. The molecule has 0 aliphatic heterocycles. The van der Waals surface area contributed by atoms with Gasteiger partial charge in [-0.2, -0.15) is 0 Å². The molecular weight excluding hydrogens is 458 g/mol. The number of nitro benzene ring substituents is 3. The Hall–Kier alpha value is -5.19. The van der Waals surface area contributed by atoms with E-state index in [4.69, 9.17) is 5.11 Å². The van der Waals surface area contributed by atoms with Crippen LogP contribution in [0, 0.1) is 30.3 Å². The summed E-state index contributed by atoms with van der Waals surface area (Å²) >= 11 is 0. The van der Waals surface area contributed by atoms with Crippen LogP contribution in [-0.4, -0.2) is 25.7 Å². The normalized spacial score (nSPS) is 10.2. The number of hydrogen-bond acceptors (Lipinski definition) is 8. The van der Waals surface area contributed by atoms with E-state index in [1.54, 1.807) is 0 Å². The number of non-ortho nitro benzene ring substituents is 1. The minimum atomic E-state index is -1.21. The van der Waals surface area contributed by atoms with Crippen molar-refractivity contribution in [3.63, 3.8) is 0 Å². The van der Waals surface area contributed by atoms with Crippen LogP contribution in [0.3, 0.4) is 0 Å². The molecule has 0 amide bonds. The van der Waals surface area contributed by atoms with Crippen molar-refractivity contribution in [2.24, 2.45) is 0 Å². The summed E-state index contributed by atoms with van der Waals surface area (Å²) in [6.45, 7) is 0. The van der Waals surface area contributed by atoms with Gasteiger partial charge < -0.3 is 5.11 Å². The van der Waals surface area contributed by atoms with Crippen LogP contribution in [0.15, 0.2) is 84.9 Å². The fourth-order valence-corrected chi connectivity index (χ4v) is 3.32. The number of hydrogen-bond donors (Lipinski definition) is 1. The molecule has 0 saturated heterocycles. The third-order valence-corrected chi connectivity index (χ3v) is 4.96. The van der Waals surface area contributed by atoms with E-state index in [9.17, 15) is 35.1 Å². The van der Waals surface area contributed by atoms with Gasteiger partial charge in [-0.1, -0.05) is 72.8 Å². The number of ketones is 1. The van der Waals surface area contributed by atoms with Crippen LogP contribution in [0.2, 0.25) is 0 Å². The lowest BCUT2D eigenvalue weighted by molar-refractivity contribution is -0.404. The molecule has 0 aromatic heterocycles. The smallest absolute Gasteiger partial charge is 0.324 e. The van der Waals surface area contributed by atoms with Crippen LogP contribution >= 0.6 is 0 Å². The predicted molar refractivity (Wildman–Crippen MR) is 126 cm³/mol. The Morgan fingerprint density at radius 3 is 1.83 bits per heavy atom. The lowest BCUT2D eigenvalue weighted by atomic mass is 9.97. The number of carbonyl (C=O) groups excluding carboxylic acids is 1. The lowest BCUT2D eigenvalue weighted by Crippen LogP contribution is -2.04. The van der Waals surface area contributed by atoms with Crippen LogP contribution in [0.1, 0.15) is 15.9 Å². The summed E-state index contributed by atoms with van der Waals surface area (Å²) in [6.07, 6.45) is 0.453. The summed E-state index contributed by atoms with van der Waals surface area (Å²) in [6, 6.07) is 24.7. The highest BCUT2D eigenvalue weighted by Crippen LogP contribution is 2.38. The molecule has 11 heteroatoms. The minimum absolute atomic E-state index is 0.169. The molecule has 0 bridgehead atoms. The van der Waals surface area contributed by atoms with Crippen LogP contribution < -0.4 is 0 Å². The first-order chi connectivity index (χ1) is 16.7. The molecule has 0 aliphatic rings. The monoisotopic (exact) mass is 475 g/mol. The molecule has 0 aliphatic carbocycles. The van der Waals surface area contributed by atoms with Crippen LogP contribution in [-0.2, 0) is 6.42 Å². The van der Waals surface area contributed by atoms with Gasteiger partial charge in [0, 0.05) is 12.0 Å². The average Bonchev–Trinajstić information content (AvgIpc) is 2.84. The van der Waals surface area contributed by atoms with Crippen molar-refractivity contribution >= 4 is 33.6 Å². The van der Waals surface area contributed by atoms with Crippen LogP contribution in [0.5, 0.6) is 5.75 Å². The lowest BCUT2D eigenvalue weighted by Gasteiger charge is -2.05. The Balaban J connectivity index is 0.000000199. The van der Waals surface area contributed by atoms with E-state index >= 15 is 0 Å². The Morgan fingerprint density at radius 2 is 1.26 bits per heavy atom. The van der Waals surface area contributed by atoms with Crippen molar-refractivity contribution in [3.8, 4) is 5.75 Å². The molecule has 0 spiro atoms. The summed E-state index contributed by atoms with van der Waals surface area (Å²) in [5.74, 6) is -1.04. The van der Waals surface area contributed by atoms with Gasteiger partial charge in [-0.15, -0.1) is 0 Å². The van der Waals surface area contributed by atoms with Crippen molar-refractivity contribution in [1.82, 2.24) is 0 Å². The Bertz CT molecular complexity index is 1400. The topological polar surface area (TPSA) is 167 Å². The number of aromatic hydroxyl groups is 1. The molecule has 0 heterocycles. The maximum absolute atomic E-state index is 12.4. The van der Waals surface area contributed by atoms with Crippen molar-refractivity contribution in [2.75, 3.05) is 0 Å². The molecule has 0 radical (unpaired) electrons. The van der Waals surface area contributed by atoms with E-state index < -0.39 is 37.6 Å². The molecule has 0 saturated carbocycles. The molecule has 11 nitrogen and oxygen atoms in total. The number of phenolic OH excluding ortho intramolecular Hbond substituents is 1. The highest BCUT2D eigenvalue weighted by atomic mass is 16.6. The van der Waals surface area contributed by atoms with Crippen LogP contribution in [0.4, 0.5) is 17.1 Å². The van der Waals surface area contributed by atoms with Gasteiger partial charge in [-0.05, 0) is 16.3 Å². The van der Waals surface area contributed by atoms with E-state index in [2.05, 4.69) is 0 Å². The number of carbonyl (C=O) groups is 1. The quantitative estimate of drug-likeness (QED) is 0.220. The minimum Gasteiger partial charge on any atom is -0.497 e. The molecule has 4 aromatic rings. The largest absolute Gasteiger partial charge is 0.497 e. The maximum atomic E-state index is 12.4. The summed E-state index contributed by atoms with van der Waals surface area (Å²) < 4.78 is 0. The number of rotatable bonds is 6. The van der Waals surface area contributed by atoms with Gasteiger partial charge in [0.1, 0.15) is 0 Å². The second-order valence-corrected chi connectivity index (χ2v) is 7.22. The maximum Gasteiger partial charge on any atom is 0.324 e. The SMILES string of the molecule is O=C(Cc1ccccc1)c1cccc2ccccc12.O=[N+]([O-])c1cc([N+](=O)[O-])c(O)c([N+](=O)[O-])c1. The van der Waals surface area contributed by atoms with Crippen molar-refractivity contribution in [3.05, 3.63) is 126 Å². The van der Waals surface area contributed by atoms with Crippen molar-refractivity contribution < 1.29 is 24.7 Å². The third-order valence-electron chi connectivity index (χ3n) is 4.96. The Kier molecular flexibility index (Phi) is 7.42. The molecule has 0 atom stereocenters. The zero-order valence-corrected chi connectivity index (χ0v) is 17.9. The molecule has 0 fully saturated rings. The number of fused-ring (bicyclic) bond motifs is 1. The van der Waals surface area contributed by atoms with Gasteiger partial charge in [-0.25, -0.2) is 0 Å². The standard InChI is InChI=1S/C18H14O.C6H3N3O7/c19-18(13-14-7-2-1-3-8-14)17-12-6-10-15-9-4-5-11-16(15)17;10-6-4(8(13)14)1-3(7(11)12)2-5(6)9(15)16/h1-12H,13H2;1-2,10H. The second kappa shape index (κ2) is 10.6. The van der Waals surface area contributed by atoms with E-state index in [0.29, 0.717) is 18.6 Å². The summed E-state index contributed by atoms with van der Waals surface area (Å²) in [5, 5.41) is 42.4. The van der Waals surface area contributed by atoms with Gasteiger partial charge >= 0.3 is 11.4 Å². The van der Waals surface area contributed by atoms with Gasteiger partial charge in [0.2, 0.25) is 0 Å². The molecule has 4 rings (SSSR count). The molecule has 1 N–H and O–H groups in total. The van der Waals surface area contributed by atoms with Gasteiger partial charge in [0.25, 0.3) is 11.4 Å². The second-order valence-electron chi connectivity index (χ2n) is 7.22. The van der Waals surface area contributed by atoms with Crippen LogP contribution in [0.25, 0.3) is 10.8 Å². The molecule has 4 aromatic carbocycles. The fourth-order valence-electron chi connectivity index (χ4n) is 3.32. The summed E-state index contributed by atoms with van der Waals surface area (Å²) in [4.78, 5) is 40.2. The number of phenols is 1. The molecule has 176 valence electrons. The van der Waals surface area contributed by atoms with E-state index in [0.717, 1.165) is 21.9 Å². The number of Topliss-reactive ketones (excluding diaryl/α,β-unsaturated/α-hetero) is 1. The van der Waals surface area contributed by atoms with Gasteiger partial charge in [-0.3, -0.25) is 35.1 Å². The van der Waals surface area contributed by atoms with E-state index in [1.165, 1.54) is 0 Å². The summed E-state index contributed by atoms with van der Waals surface area (Å²) in [7, 11) is 0. The predicted octanol–water partition coefficient (Wildman–Crippen LogP) is 5.38. The van der Waals surface area contributed by atoms with E-state index in [1.807, 2.05) is 72.8 Å². The Labute approximate surface area is 197 Å². The third kappa shape index (κ3) is 5.79. The number of nitrogens with zero attached hydrogens (tertiary/aromatic N) is 3. The first-order valence-electron chi connectivity index (χ1n) is 10.0. The van der Waals surface area contributed by atoms with Gasteiger partial charge in [0.05, 0.1) is 26.9 Å². The zero-order valence-electron chi connectivity index (χ0n) is 17.9. The van der Waals surface area contributed by atoms with Gasteiger partial charge in [0.15, 0.2) is 5.78 Å². The highest BCUT2D eigenvalue weighted by molar-refractivity contribution is 6.08. The van der Waals surface area contributed by atoms with E-state index in [-0.39, 0.29) is 5.78 Å². The summed E-state index contributed by atoms with van der Waals surface area (Å²) in [5.41, 5.74) is -1.14. The van der Waals surface area contributed by atoms with Crippen molar-refractivity contribution in [1.29, 1.82) is 0 Å². The zero-order chi connectivity index (χ0) is 25.5. The highest BCUT2D eigenvalue weighted by Gasteiger charge is 2.30.